The van der Waals surface area contributed by atoms with Gasteiger partial charge < -0.3 is 0 Å². The van der Waals surface area contributed by atoms with Gasteiger partial charge in [-0.2, -0.15) is 0 Å². The maximum absolute atomic E-state index is 6.42. The van der Waals surface area contributed by atoms with Gasteiger partial charge in [0.05, 0.1) is 15.4 Å². The average molecular weight is 266 g/mol. The van der Waals surface area contributed by atoms with Crippen LogP contribution in [0.2, 0.25) is 10.0 Å². The summed E-state index contributed by atoms with van der Waals surface area (Å²) in [6.07, 6.45) is 1.02. The standard InChI is InChI=1S/C12H15Cl3/c1-4-12(2,3)11(15)8-5-6-9(13)10(14)7-8/h5-7,11H,4H2,1-3H3. The molecule has 0 saturated carbocycles. The maximum Gasteiger partial charge on any atom is 0.0636 e. The van der Waals surface area contributed by atoms with E-state index in [4.69, 9.17) is 34.8 Å². The molecule has 0 N–H and O–H groups in total. The van der Waals surface area contributed by atoms with Gasteiger partial charge in [-0.05, 0) is 29.5 Å². The van der Waals surface area contributed by atoms with Crippen molar-refractivity contribution in [1.29, 1.82) is 0 Å². The fraction of sp³-hybridized carbons (Fsp3) is 0.500. The highest BCUT2D eigenvalue weighted by Gasteiger charge is 2.27. The van der Waals surface area contributed by atoms with Crippen LogP contribution in [0.3, 0.4) is 0 Å². The quantitative estimate of drug-likeness (QED) is 0.614. The first kappa shape index (κ1) is 13.2. The Balaban J connectivity index is 3.02. The first-order valence-corrected chi connectivity index (χ1v) is 6.16. The van der Waals surface area contributed by atoms with Crippen LogP contribution in [0.1, 0.15) is 38.1 Å². The van der Waals surface area contributed by atoms with Gasteiger partial charge >= 0.3 is 0 Å². The van der Waals surface area contributed by atoms with E-state index in [-0.39, 0.29) is 10.8 Å². The SMILES string of the molecule is CCC(C)(C)C(Cl)c1ccc(Cl)c(Cl)c1. The summed E-state index contributed by atoms with van der Waals surface area (Å²) in [7, 11) is 0. The summed E-state index contributed by atoms with van der Waals surface area (Å²) in [5, 5.41) is 1.09. The van der Waals surface area contributed by atoms with Crippen molar-refractivity contribution in [3.8, 4) is 0 Å². The smallest absolute Gasteiger partial charge is 0.0636 e. The molecule has 0 amide bonds. The molecule has 15 heavy (non-hydrogen) atoms. The van der Waals surface area contributed by atoms with E-state index < -0.39 is 0 Å². The molecular weight excluding hydrogens is 250 g/mol. The van der Waals surface area contributed by atoms with Gasteiger partial charge in [0.1, 0.15) is 0 Å². The number of benzene rings is 1. The van der Waals surface area contributed by atoms with Crippen molar-refractivity contribution in [3.05, 3.63) is 33.8 Å². The van der Waals surface area contributed by atoms with E-state index in [1.165, 1.54) is 0 Å². The minimum absolute atomic E-state index is 0.0442. The maximum atomic E-state index is 6.42. The van der Waals surface area contributed by atoms with Crippen molar-refractivity contribution in [2.45, 2.75) is 32.6 Å². The lowest BCUT2D eigenvalue weighted by Crippen LogP contribution is -2.16. The molecule has 0 heterocycles. The molecule has 1 aromatic carbocycles. The summed E-state index contributed by atoms with van der Waals surface area (Å²) in [6.45, 7) is 6.42. The zero-order chi connectivity index (χ0) is 11.6. The van der Waals surface area contributed by atoms with E-state index >= 15 is 0 Å². The number of halogens is 3. The Bertz CT molecular complexity index is 345. The van der Waals surface area contributed by atoms with Crippen LogP contribution in [-0.2, 0) is 0 Å². The average Bonchev–Trinajstić information content (AvgIpc) is 2.21. The Hall–Kier alpha value is 0.0900. The van der Waals surface area contributed by atoms with Gasteiger partial charge in [0.25, 0.3) is 0 Å². The van der Waals surface area contributed by atoms with Crippen LogP contribution in [0.25, 0.3) is 0 Å². The molecule has 0 spiro atoms. The zero-order valence-corrected chi connectivity index (χ0v) is 11.4. The first-order chi connectivity index (χ1) is 6.88. The van der Waals surface area contributed by atoms with Crippen molar-refractivity contribution in [2.75, 3.05) is 0 Å². The van der Waals surface area contributed by atoms with Crippen LogP contribution < -0.4 is 0 Å². The Kier molecular flexibility index (Phi) is 4.34. The van der Waals surface area contributed by atoms with Crippen molar-refractivity contribution < 1.29 is 0 Å². The van der Waals surface area contributed by atoms with Gasteiger partial charge in [0, 0.05) is 0 Å². The highest BCUT2D eigenvalue weighted by Crippen LogP contribution is 2.42. The molecule has 0 aliphatic carbocycles. The second-order valence-electron chi connectivity index (χ2n) is 4.38. The third kappa shape index (κ3) is 3.03. The summed E-state index contributed by atoms with van der Waals surface area (Å²) in [6, 6.07) is 5.57. The molecule has 0 nitrogen and oxygen atoms in total. The van der Waals surface area contributed by atoms with Crippen molar-refractivity contribution in [2.24, 2.45) is 5.41 Å². The van der Waals surface area contributed by atoms with Crippen molar-refractivity contribution in [3.63, 3.8) is 0 Å². The van der Waals surface area contributed by atoms with Crippen molar-refractivity contribution >= 4 is 34.8 Å². The summed E-state index contributed by atoms with van der Waals surface area (Å²) >= 11 is 18.2. The van der Waals surface area contributed by atoms with Gasteiger partial charge in [-0.25, -0.2) is 0 Å². The monoisotopic (exact) mass is 264 g/mol. The van der Waals surface area contributed by atoms with Crippen LogP contribution in [-0.4, -0.2) is 0 Å². The third-order valence-corrected chi connectivity index (χ3v) is 4.42. The topological polar surface area (TPSA) is 0 Å². The predicted octanol–water partition coefficient (Wildman–Crippen LogP) is 5.71. The highest BCUT2D eigenvalue weighted by molar-refractivity contribution is 6.42. The molecule has 0 aliphatic rings. The molecule has 0 fully saturated rings. The molecule has 84 valence electrons. The Morgan fingerprint density at radius 3 is 2.27 bits per heavy atom. The fourth-order valence-electron chi connectivity index (χ4n) is 1.30. The lowest BCUT2D eigenvalue weighted by molar-refractivity contribution is 0.336. The number of alkyl halides is 1. The van der Waals surface area contributed by atoms with Crippen LogP contribution >= 0.6 is 34.8 Å². The summed E-state index contributed by atoms with van der Waals surface area (Å²) < 4.78 is 0. The van der Waals surface area contributed by atoms with E-state index in [0.717, 1.165) is 12.0 Å². The Morgan fingerprint density at radius 2 is 1.80 bits per heavy atom. The van der Waals surface area contributed by atoms with Crippen LogP contribution in [0.4, 0.5) is 0 Å². The third-order valence-electron chi connectivity index (χ3n) is 2.83. The summed E-state index contributed by atoms with van der Waals surface area (Å²) in [5.41, 5.74) is 1.08. The highest BCUT2D eigenvalue weighted by atomic mass is 35.5. The molecule has 0 saturated heterocycles. The molecule has 1 rings (SSSR count). The largest absolute Gasteiger partial charge is 0.117 e. The van der Waals surface area contributed by atoms with Gasteiger partial charge in [0.2, 0.25) is 0 Å². The molecular formula is C12H15Cl3. The normalized spacial score (nSPS) is 14.0. The first-order valence-electron chi connectivity index (χ1n) is 4.97. The lowest BCUT2D eigenvalue weighted by Gasteiger charge is -2.29. The number of rotatable bonds is 3. The number of hydrogen-bond acceptors (Lipinski definition) is 0. The van der Waals surface area contributed by atoms with Crippen molar-refractivity contribution in [1.82, 2.24) is 0 Å². The summed E-state index contributed by atoms with van der Waals surface area (Å²) in [4.78, 5) is 0. The van der Waals surface area contributed by atoms with E-state index in [0.29, 0.717) is 10.0 Å². The molecule has 0 radical (unpaired) electrons. The van der Waals surface area contributed by atoms with Crippen LogP contribution in [0.15, 0.2) is 18.2 Å². The van der Waals surface area contributed by atoms with Gasteiger partial charge in [-0.1, -0.05) is 50.0 Å². The molecule has 3 heteroatoms. The number of hydrogen-bond donors (Lipinski definition) is 0. The molecule has 1 atom stereocenters. The molecule has 0 aromatic heterocycles. The van der Waals surface area contributed by atoms with E-state index in [9.17, 15) is 0 Å². The van der Waals surface area contributed by atoms with E-state index in [1.54, 1.807) is 6.07 Å². The molecule has 1 aromatic rings. The van der Waals surface area contributed by atoms with Gasteiger partial charge in [0.15, 0.2) is 0 Å². The lowest BCUT2D eigenvalue weighted by atomic mass is 9.83. The summed E-state index contributed by atoms with van der Waals surface area (Å²) in [5.74, 6) is 0. The minimum Gasteiger partial charge on any atom is -0.117 e. The minimum atomic E-state index is -0.0442. The van der Waals surface area contributed by atoms with Gasteiger partial charge in [-0.15, -0.1) is 11.6 Å². The zero-order valence-electron chi connectivity index (χ0n) is 9.15. The molecule has 0 aliphatic heterocycles. The Morgan fingerprint density at radius 1 is 1.20 bits per heavy atom. The predicted molar refractivity (Wildman–Crippen MR) is 69.1 cm³/mol. The van der Waals surface area contributed by atoms with Crippen LogP contribution in [0, 0.1) is 5.41 Å². The second kappa shape index (κ2) is 4.95. The molecule has 0 bridgehead atoms. The second-order valence-corrected chi connectivity index (χ2v) is 5.63. The van der Waals surface area contributed by atoms with E-state index in [1.807, 2.05) is 12.1 Å². The Labute approximate surface area is 107 Å². The fourth-order valence-corrected chi connectivity index (χ4v) is 1.90. The molecule has 1 unspecified atom stereocenters. The van der Waals surface area contributed by atoms with Crippen LogP contribution in [0.5, 0.6) is 0 Å². The van der Waals surface area contributed by atoms with Gasteiger partial charge in [-0.3, -0.25) is 0 Å². The van der Waals surface area contributed by atoms with E-state index in [2.05, 4.69) is 20.8 Å².